The van der Waals surface area contributed by atoms with Gasteiger partial charge in [0.2, 0.25) is 0 Å². The molecule has 10 nitrogen and oxygen atoms in total. The largest absolute Gasteiger partial charge is 0.756 e. The zero-order chi connectivity index (χ0) is 45.1. The van der Waals surface area contributed by atoms with Crippen molar-refractivity contribution in [1.82, 2.24) is 0 Å². The number of aliphatic hydroxyl groups is 1. The Bertz CT molecular complexity index is 1420. The molecule has 346 valence electrons. The van der Waals surface area contributed by atoms with Crippen LogP contribution in [0.3, 0.4) is 0 Å². The van der Waals surface area contributed by atoms with Crippen LogP contribution < -0.4 is 4.89 Å². The molecule has 0 fully saturated rings. The summed E-state index contributed by atoms with van der Waals surface area (Å²) >= 11 is 0. The lowest BCUT2D eigenvalue weighted by Gasteiger charge is -2.28. The van der Waals surface area contributed by atoms with E-state index in [0.29, 0.717) is 23.9 Å². The highest BCUT2D eigenvalue weighted by molar-refractivity contribution is 7.45. The number of unbranched alkanes of at least 4 members (excludes halogenated alkanes) is 7. The summed E-state index contributed by atoms with van der Waals surface area (Å²) in [6.07, 6.45) is 51.8. The molecule has 0 bridgehead atoms. The lowest BCUT2D eigenvalue weighted by Crippen LogP contribution is -2.37. The van der Waals surface area contributed by atoms with Gasteiger partial charge in [0.25, 0.3) is 7.82 Å². The predicted molar refractivity (Wildman–Crippen MR) is 251 cm³/mol. The van der Waals surface area contributed by atoms with Crippen LogP contribution in [0.5, 0.6) is 0 Å². The van der Waals surface area contributed by atoms with E-state index < -0.39 is 45.2 Å². The first kappa shape index (κ1) is 57.6. The van der Waals surface area contributed by atoms with Gasteiger partial charge in [-0.15, -0.1) is 0 Å². The third-order valence-corrected chi connectivity index (χ3v) is 9.86. The second-order valence-electron chi connectivity index (χ2n) is 15.9. The summed E-state index contributed by atoms with van der Waals surface area (Å²) in [6, 6.07) is 0. The van der Waals surface area contributed by atoms with Gasteiger partial charge in [0.05, 0.1) is 33.9 Å². The fraction of sp³-hybridized carbons (Fsp3) is 0.600. The molecule has 0 aliphatic carbocycles. The molecule has 11 heteroatoms. The minimum Gasteiger partial charge on any atom is -0.756 e. The van der Waals surface area contributed by atoms with E-state index in [-0.39, 0.29) is 25.9 Å². The molecule has 61 heavy (non-hydrogen) atoms. The third-order valence-electron chi connectivity index (χ3n) is 8.89. The average Bonchev–Trinajstić information content (AvgIpc) is 3.21. The normalized spacial score (nSPS) is 15.1. The van der Waals surface area contributed by atoms with Gasteiger partial charge in [-0.3, -0.25) is 14.2 Å². The number of carbonyl (C=O) groups excluding carboxylic acids is 2. The van der Waals surface area contributed by atoms with Crippen LogP contribution in [0, 0.1) is 0 Å². The fourth-order valence-electron chi connectivity index (χ4n) is 5.31. The number of carbonyl (C=O) groups is 2. The SMILES string of the molecule is CC/C=C\C/C=C\C/C=C\C/C=C\C/C=C\C=C/C(O)CCC(=O)OC[C@H](COP(=O)([O-])OCC[N+](C)(C)C)OC(=O)CCC/C=C\C/C=C\C/C=C\CCCCCCCC. The smallest absolute Gasteiger partial charge is 0.306 e. The van der Waals surface area contributed by atoms with Gasteiger partial charge >= 0.3 is 11.9 Å². The Balaban J connectivity index is 4.68. The standard InChI is InChI=1S/C50H82NO9P/c1-6-8-10-12-14-16-18-20-22-24-26-28-30-32-34-36-38-40-50(54)60-48(46-59-61(55,56)58-44-43-51(3,4)5)45-57-49(53)42-41-47(52)39-37-35-33-31-29-27-25-23-21-19-17-15-13-11-9-7-2/h9,11,15,17,20-23,26-29,32-35,37,39,47-48,52H,6-8,10,12-14,16,18-19,24-25,30-31,36,38,40-46H2,1-5H3/b11-9-,17-15-,22-20-,23-21-,28-26-,29-27-,34-32-,35-33-,39-37-/t47?,48-/m1/s1. The number of likely N-dealkylation sites (N-methyl/N-ethyl adjacent to an activating group) is 1. The molecule has 0 spiro atoms. The van der Waals surface area contributed by atoms with Crippen LogP contribution in [0.15, 0.2) is 109 Å². The van der Waals surface area contributed by atoms with Crippen molar-refractivity contribution in [3.63, 3.8) is 0 Å². The number of quaternary nitrogens is 1. The zero-order valence-corrected chi connectivity index (χ0v) is 39.3. The van der Waals surface area contributed by atoms with Gasteiger partial charge in [-0.1, -0.05) is 155 Å². The lowest BCUT2D eigenvalue weighted by atomic mass is 10.1. The Kier molecular flexibility index (Phi) is 38.4. The Labute approximate surface area is 370 Å². The monoisotopic (exact) mass is 872 g/mol. The van der Waals surface area contributed by atoms with Crippen LogP contribution >= 0.6 is 7.82 Å². The highest BCUT2D eigenvalue weighted by Crippen LogP contribution is 2.38. The summed E-state index contributed by atoms with van der Waals surface area (Å²) in [5.74, 6) is -1.19. The van der Waals surface area contributed by atoms with Crippen molar-refractivity contribution in [2.75, 3.05) is 47.5 Å². The molecule has 0 aliphatic heterocycles. The number of ether oxygens (including phenoxy) is 2. The summed E-state index contributed by atoms with van der Waals surface area (Å²) in [5.41, 5.74) is 0. The Hall–Kier alpha value is -3.37. The van der Waals surface area contributed by atoms with Crippen LogP contribution in [0.1, 0.15) is 136 Å². The summed E-state index contributed by atoms with van der Waals surface area (Å²) < 4.78 is 33.6. The molecule has 0 aliphatic rings. The summed E-state index contributed by atoms with van der Waals surface area (Å²) in [7, 11) is 0.993. The molecule has 0 saturated heterocycles. The number of phosphoric acid groups is 1. The number of aliphatic hydroxyl groups excluding tert-OH is 1. The van der Waals surface area contributed by atoms with Crippen LogP contribution in [0.4, 0.5) is 0 Å². The van der Waals surface area contributed by atoms with Crippen molar-refractivity contribution in [3.05, 3.63) is 109 Å². The topological polar surface area (TPSA) is 131 Å². The average molecular weight is 872 g/mol. The van der Waals surface area contributed by atoms with Crippen LogP contribution in [-0.4, -0.2) is 81.2 Å². The summed E-state index contributed by atoms with van der Waals surface area (Å²) in [5, 5.41) is 10.3. The molecule has 0 rings (SSSR count). The quantitative estimate of drug-likeness (QED) is 0.0160. The van der Waals surface area contributed by atoms with E-state index in [1.165, 1.54) is 38.5 Å². The number of phosphoric ester groups is 1. The summed E-state index contributed by atoms with van der Waals surface area (Å²) in [4.78, 5) is 37.6. The van der Waals surface area contributed by atoms with E-state index in [4.69, 9.17) is 18.5 Å². The first-order chi connectivity index (χ1) is 29.4. The predicted octanol–water partition coefficient (Wildman–Crippen LogP) is 11.5. The van der Waals surface area contributed by atoms with Gasteiger partial charge in [-0.05, 0) is 77.0 Å². The minimum atomic E-state index is -4.70. The van der Waals surface area contributed by atoms with E-state index in [1.54, 1.807) is 12.2 Å². The number of nitrogens with zero attached hydrogens (tertiary/aromatic N) is 1. The van der Waals surface area contributed by atoms with E-state index in [2.05, 4.69) is 92.8 Å². The van der Waals surface area contributed by atoms with Gasteiger partial charge in [0.1, 0.15) is 19.8 Å². The van der Waals surface area contributed by atoms with Gasteiger partial charge < -0.3 is 33.0 Å². The molecule has 3 atom stereocenters. The maximum Gasteiger partial charge on any atom is 0.306 e. The van der Waals surface area contributed by atoms with Crippen molar-refractivity contribution in [2.45, 2.75) is 148 Å². The Morgan fingerprint density at radius 1 is 0.623 bits per heavy atom. The molecule has 0 aromatic heterocycles. The molecule has 0 heterocycles. The number of hydrogen-bond acceptors (Lipinski definition) is 9. The summed E-state index contributed by atoms with van der Waals surface area (Å²) in [6.45, 7) is 3.74. The molecule has 2 unspecified atom stereocenters. The maximum atomic E-state index is 12.7. The molecule has 1 N–H and O–H groups in total. The Morgan fingerprint density at radius 3 is 1.72 bits per heavy atom. The van der Waals surface area contributed by atoms with E-state index in [1.807, 2.05) is 39.4 Å². The molecule has 0 amide bonds. The Morgan fingerprint density at radius 2 is 1.15 bits per heavy atom. The lowest BCUT2D eigenvalue weighted by molar-refractivity contribution is -0.870. The van der Waals surface area contributed by atoms with Crippen molar-refractivity contribution < 1.29 is 47.2 Å². The molecule has 0 radical (unpaired) electrons. The number of allylic oxidation sites excluding steroid dienone is 17. The highest BCUT2D eigenvalue weighted by atomic mass is 31.2. The van der Waals surface area contributed by atoms with E-state index in [0.717, 1.165) is 51.4 Å². The molecule has 0 aromatic carbocycles. The third kappa shape index (κ3) is 44.5. The molecular formula is C50H82NO9P. The fourth-order valence-corrected chi connectivity index (χ4v) is 6.04. The van der Waals surface area contributed by atoms with E-state index in [9.17, 15) is 24.2 Å². The van der Waals surface area contributed by atoms with Crippen molar-refractivity contribution in [3.8, 4) is 0 Å². The van der Waals surface area contributed by atoms with E-state index >= 15 is 0 Å². The van der Waals surface area contributed by atoms with Crippen molar-refractivity contribution in [2.24, 2.45) is 0 Å². The number of hydrogen-bond donors (Lipinski definition) is 1. The molecular weight excluding hydrogens is 790 g/mol. The van der Waals surface area contributed by atoms with Crippen LogP contribution in [-0.2, 0) is 32.7 Å². The second kappa shape index (κ2) is 40.7. The van der Waals surface area contributed by atoms with Gasteiger partial charge in [-0.2, -0.15) is 0 Å². The number of esters is 2. The first-order valence-electron chi connectivity index (χ1n) is 22.7. The van der Waals surface area contributed by atoms with Gasteiger partial charge in [0.15, 0.2) is 6.10 Å². The first-order valence-corrected chi connectivity index (χ1v) is 24.2. The van der Waals surface area contributed by atoms with Crippen LogP contribution in [0.2, 0.25) is 0 Å². The number of rotatable bonds is 39. The maximum absolute atomic E-state index is 12.7. The van der Waals surface area contributed by atoms with Gasteiger partial charge in [-0.25, -0.2) is 0 Å². The molecule has 0 aromatic rings. The zero-order valence-electron chi connectivity index (χ0n) is 38.4. The van der Waals surface area contributed by atoms with Crippen molar-refractivity contribution in [1.29, 1.82) is 0 Å². The molecule has 0 saturated carbocycles. The highest BCUT2D eigenvalue weighted by Gasteiger charge is 2.22. The second-order valence-corrected chi connectivity index (χ2v) is 17.3. The van der Waals surface area contributed by atoms with Crippen molar-refractivity contribution >= 4 is 19.8 Å². The van der Waals surface area contributed by atoms with Gasteiger partial charge in [0, 0.05) is 12.8 Å². The van der Waals surface area contributed by atoms with Crippen LogP contribution in [0.25, 0.3) is 0 Å². The minimum absolute atomic E-state index is 0.0821.